The Bertz CT molecular complexity index is 209. The predicted octanol–water partition coefficient (Wildman–Crippen LogP) is 1.26. The number of nitrogens with zero attached hydrogens (tertiary/aromatic N) is 1. The summed E-state index contributed by atoms with van der Waals surface area (Å²) in [6.45, 7) is 4.21. The molecule has 0 unspecified atom stereocenters. The van der Waals surface area contributed by atoms with Crippen molar-refractivity contribution >= 4 is 17.3 Å². The van der Waals surface area contributed by atoms with Gasteiger partial charge >= 0.3 is 0 Å². The second kappa shape index (κ2) is 4.45. The second-order valence-electron chi connectivity index (χ2n) is 4.42. The van der Waals surface area contributed by atoms with E-state index < -0.39 is 0 Å². The number of nitrogens with one attached hydrogen (secondary N) is 2. The van der Waals surface area contributed by atoms with Crippen molar-refractivity contribution in [1.29, 1.82) is 0 Å². The molecule has 1 aliphatic carbocycles. The third-order valence-electron chi connectivity index (χ3n) is 3.42. The Balaban J connectivity index is 1.90. The van der Waals surface area contributed by atoms with Crippen molar-refractivity contribution < 1.29 is 0 Å². The zero-order chi connectivity index (χ0) is 9.97. The Morgan fingerprint density at radius 2 is 1.86 bits per heavy atom. The SMILES string of the molecule is C[C@@H]1CCCC[C@@H]1N1CNC(=S)NC1. The Kier molecular flexibility index (Phi) is 3.23. The van der Waals surface area contributed by atoms with Gasteiger partial charge in [0.2, 0.25) is 0 Å². The van der Waals surface area contributed by atoms with Crippen molar-refractivity contribution in [3.63, 3.8) is 0 Å². The van der Waals surface area contributed by atoms with Crippen molar-refractivity contribution in [3.05, 3.63) is 0 Å². The lowest BCUT2D eigenvalue weighted by molar-refractivity contribution is 0.0973. The van der Waals surface area contributed by atoms with Crippen LogP contribution >= 0.6 is 12.2 Å². The molecular formula is C10H19N3S. The van der Waals surface area contributed by atoms with Crippen LogP contribution < -0.4 is 10.6 Å². The molecule has 2 N–H and O–H groups in total. The van der Waals surface area contributed by atoms with Crippen molar-refractivity contribution in [2.24, 2.45) is 5.92 Å². The van der Waals surface area contributed by atoms with E-state index in [1.54, 1.807) is 0 Å². The molecule has 3 nitrogen and oxygen atoms in total. The van der Waals surface area contributed by atoms with E-state index in [0.717, 1.165) is 30.4 Å². The molecule has 80 valence electrons. The van der Waals surface area contributed by atoms with E-state index >= 15 is 0 Å². The van der Waals surface area contributed by atoms with Crippen LogP contribution in [0.3, 0.4) is 0 Å². The van der Waals surface area contributed by atoms with Gasteiger partial charge in [-0.2, -0.15) is 0 Å². The molecule has 14 heavy (non-hydrogen) atoms. The van der Waals surface area contributed by atoms with E-state index in [1.807, 2.05) is 0 Å². The highest BCUT2D eigenvalue weighted by Crippen LogP contribution is 2.27. The average molecular weight is 213 g/mol. The molecule has 2 fully saturated rings. The summed E-state index contributed by atoms with van der Waals surface area (Å²) in [5.41, 5.74) is 0. The third kappa shape index (κ3) is 2.17. The molecule has 1 saturated carbocycles. The van der Waals surface area contributed by atoms with Crippen LogP contribution in [0.2, 0.25) is 0 Å². The number of thiocarbonyl (C=S) groups is 1. The lowest BCUT2D eigenvalue weighted by Gasteiger charge is -2.41. The van der Waals surface area contributed by atoms with Gasteiger partial charge in [-0.3, -0.25) is 4.90 Å². The summed E-state index contributed by atoms with van der Waals surface area (Å²) < 4.78 is 0. The molecule has 0 spiro atoms. The van der Waals surface area contributed by atoms with E-state index in [-0.39, 0.29) is 0 Å². The minimum atomic E-state index is 0.742. The van der Waals surface area contributed by atoms with Gasteiger partial charge < -0.3 is 10.6 Å². The van der Waals surface area contributed by atoms with Crippen molar-refractivity contribution in [1.82, 2.24) is 15.5 Å². The Hall–Kier alpha value is -0.350. The van der Waals surface area contributed by atoms with E-state index in [1.165, 1.54) is 25.7 Å². The summed E-state index contributed by atoms with van der Waals surface area (Å²) in [7, 11) is 0. The highest BCUT2D eigenvalue weighted by Gasteiger charge is 2.28. The highest BCUT2D eigenvalue weighted by molar-refractivity contribution is 7.80. The van der Waals surface area contributed by atoms with Crippen molar-refractivity contribution in [3.8, 4) is 0 Å². The van der Waals surface area contributed by atoms with E-state index in [4.69, 9.17) is 12.2 Å². The van der Waals surface area contributed by atoms with Gasteiger partial charge in [0.25, 0.3) is 0 Å². The summed E-state index contributed by atoms with van der Waals surface area (Å²) in [5.74, 6) is 0.832. The zero-order valence-electron chi connectivity index (χ0n) is 8.75. The first kappa shape index (κ1) is 10.2. The molecule has 2 rings (SSSR count). The largest absolute Gasteiger partial charge is 0.350 e. The quantitative estimate of drug-likeness (QED) is 0.641. The van der Waals surface area contributed by atoms with Gasteiger partial charge in [-0.15, -0.1) is 0 Å². The number of rotatable bonds is 1. The lowest BCUT2D eigenvalue weighted by Crippen LogP contribution is -2.58. The molecule has 2 aliphatic rings. The van der Waals surface area contributed by atoms with Gasteiger partial charge in [0.05, 0.1) is 13.3 Å². The minimum Gasteiger partial charge on any atom is -0.350 e. The Morgan fingerprint density at radius 1 is 1.21 bits per heavy atom. The van der Waals surface area contributed by atoms with Gasteiger partial charge in [-0.05, 0) is 31.0 Å². The average Bonchev–Trinajstić information content (AvgIpc) is 2.20. The fourth-order valence-electron chi connectivity index (χ4n) is 2.54. The monoisotopic (exact) mass is 213 g/mol. The van der Waals surface area contributed by atoms with Gasteiger partial charge in [-0.1, -0.05) is 19.8 Å². The lowest BCUT2D eigenvalue weighted by atomic mass is 9.85. The Morgan fingerprint density at radius 3 is 2.50 bits per heavy atom. The van der Waals surface area contributed by atoms with Crippen LogP contribution in [0.1, 0.15) is 32.6 Å². The van der Waals surface area contributed by atoms with Crippen LogP contribution in [-0.4, -0.2) is 29.4 Å². The van der Waals surface area contributed by atoms with Crippen LogP contribution in [0.25, 0.3) is 0 Å². The molecule has 0 bridgehead atoms. The van der Waals surface area contributed by atoms with Gasteiger partial charge in [0, 0.05) is 6.04 Å². The molecule has 0 aromatic carbocycles. The molecule has 0 aromatic rings. The predicted molar refractivity (Wildman–Crippen MR) is 61.9 cm³/mol. The van der Waals surface area contributed by atoms with Gasteiger partial charge in [0.1, 0.15) is 0 Å². The number of hydrogen-bond acceptors (Lipinski definition) is 2. The molecule has 0 amide bonds. The van der Waals surface area contributed by atoms with Gasteiger partial charge in [0.15, 0.2) is 5.11 Å². The third-order valence-corrected chi connectivity index (χ3v) is 3.71. The topological polar surface area (TPSA) is 27.3 Å². The van der Waals surface area contributed by atoms with Crippen LogP contribution in [0.15, 0.2) is 0 Å². The number of hydrogen-bond donors (Lipinski definition) is 2. The summed E-state index contributed by atoms with van der Waals surface area (Å²) in [4.78, 5) is 2.47. The van der Waals surface area contributed by atoms with Crippen molar-refractivity contribution in [2.75, 3.05) is 13.3 Å². The molecule has 0 radical (unpaired) electrons. The fraction of sp³-hybridized carbons (Fsp3) is 0.900. The normalized spacial score (nSPS) is 34.8. The first-order valence-corrected chi connectivity index (χ1v) is 5.94. The first-order valence-electron chi connectivity index (χ1n) is 5.53. The molecular weight excluding hydrogens is 194 g/mol. The molecule has 4 heteroatoms. The smallest absolute Gasteiger partial charge is 0.168 e. The summed E-state index contributed by atoms with van der Waals surface area (Å²) >= 11 is 5.04. The zero-order valence-corrected chi connectivity index (χ0v) is 9.57. The highest BCUT2D eigenvalue weighted by atomic mass is 32.1. The maximum absolute atomic E-state index is 5.04. The minimum absolute atomic E-state index is 0.742. The molecule has 0 aromatic heterocycles. The summed E-state index contributed by atoms with van der Waals surface area (Å²) in [6, 6.07) is 0.742. The summed E-state index contributed by atoms with van der Waals surface area (Å²) in [6.07, 6.45) is 5.52. The molecule has 1 heterocycles. The Labute approximate surface area is 91.2 Å². The van der Waals surface area contributed by atoms with Crippen molar-refractivity contribution in [2.45, 2.75) is 38.6 Å². The van der Waals surface area contributed by atoms with Crippen LogP contribution in [-0.2, 0) is 0 Å². The fourth-order valence-corrected chi connectivity index (χ4v) is 2.67. The van der Waals surface area contributed by atoms with Crippen LogP contribution in [0, 0.1) is 5.92 Å². The van der Waals surface area contributed by atoms with E-state index in [0.29, 0.717) is 0 Å². The first-order chi connectivity index (χ1) is 6.77. The maximum Gasteiger partial charge on any atom is 0.168 e. The molecule has 2 atom stereocenters. The standard InChI is InChI=1S/C10H19N3S/c1-8-4-2-3-5-9(8)13-6-11-10(14)12-7-13/h8-9H,2-7H2,1H3,(H2,11,12,14)/t8-,9+/m1/s1. The maximum atomic E-state index is 5.04. The van der Waals surface area contributed by atoms with E-state index in [9.17, 15) is 0 Å². The van der Waals surface area contributed by atoms with Crippen LogP contribution in [0.4, 0.5) is 0 Å². The van der Waals surface area contributed by atoms with Crippen LogP contribution in [0.5, 0.6) is 0 Å². The molecule has 1 aliphatic heterocycles. The second-order valence-corrected chi connectivity index (χ2v) is 4.82. The summed E-state index contributed by atoms with van der Waals surface area (Å²) in [5, 5.41) is 7.19. The molecule has 1 saturated heterocycles. The van der Waals surface area contributed by atoms with E-state index in [2.05, 4.69) is 22.5 Å². The van der Waals surface area contributed by atoms with Gasteiger partial charge in [-0.25, -0.2) is 0 Å².